The van der Waals surface area contributed by atoms with Crippen LogP contribution in [0.4, 0.5) is 0 Å². The Balaban J connectivity index is 4.61. The van der Waals surface area contributed by atoms with Crippen molar-refractivity contribution in [3.8, 4) is 0 Å². The first-order valence-corrected chi connectivity index (χ1v) is 3.69. The minimum absolute atomic E-state index is 0.488. The molecular weight excluding hydrogens is 122 g/mol. The van der Waals surface area contributed by atoms with E-state index in [4.69, 9.17) is 5.41 Å². The molecule has 0 aromatic rings. The highest BCUT2D eigenvalue weighted by Crippen LogP contribution is 2.14. The van der Waals surface area contributed by atoms with Crippen LogP contribution >= 0.6 is 0 Å². The van der Waals surface area contributed by atoms with Crippen molar-refractivity contribution in [3.63, 3.8) is 0 Å². The highest BCUT2D eigenvalue weighted by atomic mass is 14.4. The highest BCUT2D eigenvalue weighted by Gasteiger charge is 2.05. The topological polar surface area (TPSA) is 23.9 Å². The lowest BCUT2D eigenvalue weighted by atomic mass is 9.95. The summed E-state index contributed by atoms with van der Waals surface area (Å²) in [5.41, 5.74) is 3.16. The van der Waals surface area contributed by atoms with Crippen molar-refractivity contribution in [1.82, 2.24) is 0 Å². The first-order chi connectivity index (χ1) is 4.46. The largest absolute Gasteiger partial charge is 0.305 e. The standard InChI is InChI=1S/C9H17N/c1-6(2)9(7(3)4)8(5)10/h6,10H,1-5H3. The summed E-state index contributed by atoms with van der Waals surface area (Å²) in [4.78, 5) is 0. The second-order valence-electron chi connectivity index (χ2n) is 3.19. The van der Waals surface area contributed by atoms with Gasteiger partial charge in [0.2, 0.25) is 0 Å². The van der Waals surface area contributed by atoms with Crippen LogP contribution in [0, 0.1) is 11.3 Å². The van der Waals surface area contributed by atoms with E-state index in [9.17, 15) is 0 Å². The van der Waals surface area contributed by atoms with Gasteiger partial charge < -0.3 is 5.41 Å². The third-order valence-corrected chi connectivity index (χ3v) is 1.52. The summed E-state index contributed by atoms with van der Waals surface area (Å²) in [6.45, 7) is 10.2. The van der Waals surface area contributed by atoms with Crippen LogP contribution in [0.2, 0.25) is 0 Å². The Bertz CT molecular complexity index is 160. The molecule has 0 spiro atoms. The van der Waals surface area contributed by atoms with Gasteiger partial charge in [-0.2, -0.15) is 0 Å². The number of hydrogen-bond acceptors (Lipinski definition) is 1. The first kappa shape index (κ1) is 9.41. The van der Waals surface area contributed by atoms with E-state index >= 15 is 0 Å². The van der Waals surface area contributed by atoms with E-state index in [1.807, 2.05) is 6.92 Å². The Morgan fingerprint density at radius 1 is 1.10 bits per heavy atom. The molecule has 0 amide bonds. The van der Waals surface area contributed by atoms with Crippen molar-refractivity contribution in [2.45, 2.75) is 34.6 Å². The predicted octanol–water partition coefficient (Wildman–Crippen LogP) is 3.02. The van der Waals surface area contributed by atoms with Crippen LogP contribution in [-0.2, 0) is 0 Å². The summed E-state index contributed by atoms with van der Waals surface area (Å²) in [5.74, 6) is 0.488. The number of hydrogen-bond donors (Lipinski definition) is 1. The molecule has 0 unspecified atom stereocenters. The van der Waals surface area contributed by atoms with Crippen LogP contribution < -0.4 is 0 Å². The first-order valence-electron chi connectivity index (χ1n) is 3.69. The van der Waals surface area contributed by atoms with Gasteiger partial charge >= 0.3 is 0 Å². The third kappa shape index (κ3) is 2.34. The third-order valence-electron chi connectivity index (χ3n) is 1.52. The molecule has 0 atom stereocenters. The molecule has 0 heterocycles. The summed E-state index contributed by atoms with van der Waals surface area (Å²) >= 11 is 0. The lowest BCUT2D eigenvalue weighted by Gasteiger charge is -2.11. The fourth-order valence-electron chi connectivity index (χ4n) is 1.39. The maximum absolute atomic E-state index is 7.45. The van der Waals surface area contributed by atoms with Crippen LogP contribution in [-0.4, -0.2) is 5.71 Å². The van der Waals surface area contributed by atoms with Crippen LogP contribution in [0.5, 0.6) is 0 Å². The van der Waals surface area contributed by atoms with E-state index in [1.54, 1.807) is 0 Å². The van der Waals surface area contributed by atoms with Gasteiger partial charge in [0.1, 0.15) is 0 Å². The fraction of sp³-hybridized carbons (Fsp3) is 0.667. The second kappa shape index (κ2) is 3.55. The van der Waals surface area contributed by atoms with Gasteiger partial charge in [0.05, 0.1) is 0 Å². The molecule has 0 bridgehead atoms. The van der Waals surface area contributed by atoms with Crippen molar-refractivity contribution in [2.24, 2.45) is 5.92 Å². The van der Waals surface area contributed by atoms with Crippen molar-refractivity contribution in [2.75, 3.05) is 0 Å². The van der Waals surface area contributed by atoms with Crippen LogP contribution in [0.15, 0.2) is 11.1 Å². The molecule has 0 saturated heterocycles. The molecule has 0 radical (unpaired) electrons. The molecule has 0 aliphatic rings. The monoisotopic (exact) mass is 139 g/mol. The summed E-state index contributed by atoms with van der Waals surface area (Å²) in [5, 5.41) is 7.45. The lowest BCUT2D eigenvalue weighted by Crippen LogP contribution is -2.04. The molecule has 0 aromatic heterocycles. The van der Waals surface area contributed by atoms with E-state index in [2.05, 4.69) is 27.7 Å². The Labute approximate surface area is 63.7 Å². The van der Waals surface area contributed by atoms with E-state index in [0.717, 1.165) is 0 Å². The van der Waals surface area contributed by atoms with Crippen molar-refractivity contribution in [1.29, 1.82) is 5.41 Å². The minimum atomic E-state index is 0.488. The van der Waals surface area contributed by atoms with Crippen molar-refractivity contribution >= 4 is 5.71 Å². The zero-order chi connectivity index (χ0) is 8.31. The van der Waals surface area contributed by atoms with Gasteiger partial charge in [-0.1, -0.05) is 19.4 Å². The molecule has 1 nitrogen and oxygen atoms in total. The van der Waals surface area contributed by atoms with E-state index in [-0.39, 0.29) is 0 Å². The van der Waals surface area contributed by atoms with Gasteiger partial charge in [-0.3, -0.25) is 0 Å². The number of allylic oxidation sites excluding steroid dienone is 2. The smallest absolute Gasteiger partial charge is 0.0316 e. The normalized spacial score (nSPS) is 9.80. The average Bonchev–Trinajstić information content (AvgIpc) is 1.59. The van der Waals surface area contributed by atoms with E-state index < -0.39 is 0 Å². The molecule has 0 aliphatic carbocycles. The minimum Gasteiger partial charge on any atom is -0.305 e. The predicted molar refractivity (Wildman–Crippen MR) is 46.6 cm³/mol. The Morgan fingerprint density at radius 3 is 1.50 bits per heavy atom. The summed E-state index contributed by atoms with van der Waals surface area (Å²) < 4.78 is 0. The van der Waals surface area contributed by atoms with Gasteiger partial charge in [0.15, 0.2) is 0 Å². The summed E-state index contributed by atoms with van der Waals surface area (Å²) in [6.07, 6.45) is 0. The van der Waals surface area contributed by atoms with Crippen LogP contribution in [0.1, 0.15) is 34.6 Å². The maximum atomic E-state index is 7.45. The molecule has 1 heteroatoms. The second-order valence-corrected chi connectivity index (χ2v) is 3.19. The Hall–Kier alpha value is -0.590. The maximum Gasteiger partial charge on any atom is 0.0316 e. The van der Waals surface area contributed by atoms with Gasteiger partial charge in [-0.05, 0) is 32.3 Å². The average molecular weight is 139 g/mol. The number of rotatable bonds is 2. The molecule has 0 aromatic carbocycles. The molecule has 0 fully saturated rings. The molecule has 58 valence electrons. The zero-order valence-corrected chi connectivity index (χ0v) is 7.58. The molecule has 10 heavy (non-hydrogen) atoms. The molecular formula is C9H17N. The van der Waals surface area contributed by atoms with Gasteiger partial charge in [0.25, 0.3) is 0 Å². The number of nitrogens with one attached hydrogen (secondary N) is 1. The molecule has 0 aliphatic heterocycles. The lowest BCUT2D eigenvalue weighted by molar-refractivity contribution is 0.789. The SMILES string of the molecule is CC(=N)C(=C(C)C)C(C)C. The highest BCUT2D eigenvalue weighted by molar-refractivity contribution is 5.96. The molecule has 0 saturated carbocycles. The molecule has 1 N–H and O–H groups in total. The van der Waals surface area contributed by atoms with E-state index in [1.165, 1.54) is 11.1 Å². The molecule has 0 rings (SSSR count). The fourth-order valence-corrected chi connectivity index (χ4v) is 1.39. The van der Waals surface area contributed by atoms with Crippen LogP contribution in [0.25, 0.3) is 0 Å². The summed E-state index contributed by atoms with van der Waals surface area (Å²) in [6, 6.07) is 0. The van der Waals surface area contributed by atoms with Gasteiger partial charge in [-0.15, -0.1) is 0 Å². The van der Waals surface area contributed by atoms with Crippen molar-refractivity contribution in [3.05, 3.63) is 11.1 Å². The van der Waals surface area contributed by atoms with Gasteiger partial charge in [0, 0.05) is 5.71 Å². The van der Waals surface area contributed by atoms with Gasteiger partial charge in [-0.25, -0.2) is 0 Å². The van der Waals surface area contributed by atoms with Crippen LogP contribution in [0.3, 0.4) is 0 Å². The van der Waals surface area contributed by atoms with Crippen molar-refractivity contribution < 1.29 is 0 Å². The Morgan fingerprint density at radius 2 is 1.50 bits per heavy atom. The quantitative estimate of drug-likeness (QED) is 0.569. The zero-order valence-electron chi connectivity index (χ0n) is 7.58. The van der Waals surface area contributed by atoms with E-state index in [0.29, 0.717) is 11.6 Å². The summed E-state index contributed by atoms with van der Waals surface area (Å²) in [7, 11) is 0. The Kier molecular flexibility index (Phi) is 3.34.